The molecule has 2 N–H and O–H groups in total. The van der Waals surface area contributed by atoms with Crippen molar-refractivity contribution in [3.8, 4) is 0 Å². The second-order valence-electron chi connectivity index (χ2n) is 16.3. The first kappa shape index (κ1) is 57.8. The third kappa shape index (κ3) is 36.0. The van der Waals surface area contributed by atoms with E-state index >= 15 is 0 Å². The normalized spacial score (nSPS) is 13.1. The first-order chi connectivity index (χ1) is 28.3. The van der Waals surface area contributed by atoms with Crippen molar-refractivity contribution in [1.29, 1.82) is 0 Å². The molecule has 59 heavy (non-hydrogen) atoms. The number of aliphatic hydroxyl groups is 2. The fraction of sp³-hybridized carbons (Fsp3) is 0.720. The maximum atomic E-state index is 10.7. The van der Waals surface area contributed by atoms with E-state index < -0.39 is 24.1 Å². The number of benzene rings is 2. The van der Waals surface area contributed by atoms with Crippen molar-refractivity contribution in [3.63, 3.8) is 0 Å². The van der Waals surface area contributed by atoms with Crippen LogP contribution in [-0.4, -0.2) is 95.4 Å². The van der Waals surface area contributed by atoms with Crippen LogP contribution in [0.4, 0.5) is 0 Å². The summed E-state index contributed by atoms with van der Waals surface area (Å²) in [5, 5.41) is 40.5. The number of carbonyl (C=O) groups is 2. The summed E-state index contributed by atoms with van der Waals surface area (Å²) in [6, 6.07) is 20.0. The first-order valence-electron chi connectivity index (χ1n) is 23.4. The Kier molecular flexibility index (Phi) is 41.2. The van der Waals surface area contributed by atoms with Gasteiger partial charge in [-0.25, -0.2) is 0 Å². The van der Waals surface area contributed by atoms with Gasteiger partial charge in [0.25, 0.3) is 0 Å². The standard InChI is InChI=1S/2C25H42O4.Ba/c2*1-2-3-4-5-6-7-8-9-10-11-15-18-23(19-20-24(26)25(27)28)29-21-22-16-13-12-14-17-22;/h2*12-14,16-17,23-24,26H,2-11,15,18-21H2,1H3,(H,27,28);/q;;+2/p-2. The molecular formula is C50H82BaO8. The average Bonchev–Trinajstić information content (AvgIpc) is 3.23. The van der Waals surface area contributed by atoms with Crippen LogP contribution in [0.3, 0.4) is 0 Å². The van der Waals surface area contributed by atoms with E-state index in [9.17, 15) is 30.0 Å². The predicted molar refractivity (Wildman–Crippen MR) is 238 cm³/mol. The van der Waals surface area contributed by atoms with E-state index in [0.29, 0.717) is 26.1 Å². The van der Waals surface area contributed by atoms with Gasteiger partial charge in [0.1, 0.15) is 0 Å². The van der Waals surface area contributed by atoms with Gasteiger partial charge in [-0.15, -0.1) is 0 Å². The van der Waals surface area contributed by atoms with E-state index in [1.807, 2.05) is 60.7 Å². The molecule has 332 valence electrons. The molecule has 4 atom stereocenters. The molecule has 2 aromatic rings. The Morgan fingerprint density at radius 3 is 0.983 bits per heavy atom. The number of carboxylic acid groups (broad SMARTS) is 2. The average molecular weight is 949 g/mol. The summed E-state index contributed by atoms with van der Waals surface area (Å²) in [4.78, 5) is 21.5. The zero-order valence-corrected chi connectivity index (χ0v) is 41.8. The van der Waals surface area contributed by atoms with Gasteiger partial charge in [-0.3, -0.25) is 0 Å². The molecule has 8 nitrogen and oxygen atoms in total. The smallest absolute Gasteiger partial charge is 0.547 e. The molecule has 0 bridgehead atoms. The number of ether oxygens (including phenoxy) is 2. The summed E-state index contributed by atoms with van der Waals surface area (Å²) in [5.74, 6) is -2.80. The van der Waals surface area contributed by atoms with Crippen LogP contribution in [0.1, 0.15) is 205 Å². The van der Waals surface area contributed by atoms with Crippen molar-refractivity contribution in [2.75, 3.05) is 0 Å². The van der Waals surface area contributed by atoms with Crippen LogP contribution >= 0.6 is 0 Å². The Labute approximate surface area is 400 Å². The quantitative estimate of drug-likeness (QED) is 0.0501. The van der Waals surface area contributed by atoms with Gasteiger partial charge in [0.2, 0.25) is 0 Å². The van der Waals surface area contributed by atoms with Crippen LogP contribution in [0.15, 0.2) is 60.7 Å². The fourth-order valence-electron chi connectivity index (χ4n) is 7.19. The molecule has 0 aliphatic heterocycles. The molecule has 0 saturated carbocycles. The Bertz CT molecular complexity index is 1110. The minimum Gasteiger partial charge on any atom is -0.547 e. The number of hydrogen-bond acceptors (Lipinski definition) is 8. The van der Waals surface area contributed by atoms with Crippen molar-refractivity contribution in [3.05, 3.63) is 71.8 Å². The largest absolute Gasteiger partial charge is 2.00 e. The Balaban J connectivity index is 0.00000112. The Morgan fingerprint density at radius 2 is 0.712 bits per heavy atom. The second-order valence-corrected chi connectivity index (χ2v) is 16.3. The second kappa shape index (κ2) is 42.1. The molecule has 0 aliphatic rings. The molecular weight excluding hydrogens is 866 g/mol. The molecule has 0 fully saturated rings. The number of rotatable bonds is 38. The van der Waals surface area contributed by atoms with Crippen LogP contribution < -0.4 is 10.2 Å². The van der Waals surface area contributed by atoms with Gasteiger partial charge in [-0.05, 0) is 49.7 Å². The molecule has 0 heterocycles. The molecule has 4 unspecified atom stereocenters. The molecule has 0 spiro atoms. The Hall–Kier alpha value is -1.21. The molecule has 0 saturated heterocycles. The van der Waals surface area contributed by atoms with E-state index in [1.54, 1.807) is 0 Å². The van der Waals surface area contributed by atoms with Crippen molar-refractivity contribution >= 4 is 60.8 Å². The van der Waals surface area contributed by atoms with Gasteiger partial charge in [0.15, 0.2) is 0 Å². The van der Waals surface area contributed by atoms with E-state index in [-0.39, 0.29) is 73.9 Å². The van der Waals surface area contributed by atoms with Gasteiger partial charge in [-0.1, -0.05) is 216 Å². The minimum absolute atomic E-state index is 0. The SMILES string of the molecule is CCCCCCCCCCCCCC(CCC(O)C(=O)[O-])OCc1ccccc1.CCCCCCCCCCCCCC(CCC(O)C(=O)[O-])OCc1ccccc1.[Ba+2]. The summed E-state index contributed by atoms with van der Waals surface area (Å²) >= 11 is 0. The molecule has 0 aliphatic carbocycles. The van der Waals surface area contributed by atoms with Crippen LogP contribution in [0, 0.1) is 0 Å². The molecule has 0 radical (unpaired) electrons. The van der Waals surface area contributed by atoms with Gasteiger partial charge in [-0.2, -0.15) is 0 Å². The van der Waals surface area contributed by atoms with Gasteiger partial charge < -0.3 is 39.5 Å². The molecule has 0 amide bonds. The summed E-state index contributed by atoms with van der Waals surface area (Å²) in [5.41, 5.74) is 2.22. The van der Waals surface area contributed by atoms with Gasteiger partial charge >= 0.3 is 48.9 Å². The van der Waals surface area contributed by atoms with Crippen molar-refractivity contribution in [2.45, 2.75) is 231 Å². The maximum absolute atomic E-state index is 10.7. The zero-order chi connectivity index (χ0) is 42.3. The van der Waals surface area contributed by atoms with E-state index in [0.717, 1.165) is 36.8 Å². The van der Waals surface area contributed by atoms with Gasteiger partial charge in [0, 0.05) is 0 Å². The number of aliphatic carboxylic acids is 2. The number of hydrogen-bond donors (Lipinski definition) is 2. The van der Waals surface area contributed by atoms with Crippen molar-refractivity contribution < 1.29 is 39.5 Å². The Morgan fingerprint density at radius 1 is 0.441 bits per heavy atom. The number of aliphatic hydroxyl groups excluding tert-OH is 2. The monoisotopic (exact) mass is 949 g/mol. The zero-order valence-electron chi connectivity index (χ0n) is 37.3. The van der Waals surface area contributed by atoms with Gasteiger partial charge in [0.05, 0.1) is 49.6 Å². The molecule has 0 aromatic heterocycles. The van der Waals surface area contributed by atoms with E-state index in [2.05, 4.69) is 13.8 Å². The molecule has 9 heteroatoms. The summed E-state index contributed by atoms with van der Waals surface area (Å²) in [6.07, 6.45) is 29.0. The van der Waals surface area contributed by atoms with Crippen LogP contribution in [0.2, 0.25) is 0 Å². The minimum atomic E-state index is -1.41. The summed E-state index contributed by atoms with van der Waals surface area (Å²) < 4.78 is 12.1. The topological polar surface area (TPSA) is 139 Å². The predicted octanol–water partition coefficient (Wildman–Crippen LogP) is 9.95. The van der Waals surface area contributed by atoms with Crippen LogP contribution in [-0.2, 0) is 32.3 Å². The first-order valence-corrected chi connectivity index (χ1v) is 23.4. The number of unbranched alkanes of at least 4 members (excludes halogenated alkanes) is 20. The van der Waals surface area contributed by atoms with E-state index in [1.165, 1.54) is 128 Å². The number of carbonyl (C=O) groups excluding carboxylic acids is 2. The molecule has 2 rings (SSSR count). The third-order valence-electron chi connectivity index (χ3n) is 11.0. The maximum Gasteiger partial charge on any atom is 2.00 e. The van der Waals surface area contributed by atoms with E-state index in [4.69, 9.17) is 9.47 Å². The summed E-state index contributed by atoms with van der Waals surface area (Å²) in [6.45, 7) is 5.54. The van der Waals surface area contributed by atoms with Crippen molar-refractivity contribution in [2.24, 2.45) is 0 Å². The fourth-order valence-corrected chi connectivity index (χ4v) is 7.19. The van der Waals surface area contributed by atoms with Crippen LogP contribution in [0.5, 0.6) is 0 Å². The third-order valence-corrected chi connectivity index (χ3v) is 11.0. The van der Waals surface area contributed by atoms with Crippen molar-refractivity contribution in [1.82, 2.24) is 0 Å². The molecule has 2 aromatic carbocycles. The van der Waals surface area contributed by atoms with Crippen LogP contribution in [0.25, 0.3) is 0 Å². The number of carboxylic acids is 2. The summed E-state index contributed by atoms with van der Waals surface area (Å²) in [7, 11) is 0.